The lowest BCUT2D eigenvalue weighted by Crippen LogP contribution is -2.12. The van der Waals surface area contributed by atoms with Crippen LogP contribution >= 0.6 is 11.3 Å². The van der Waals surface area contributed by atoms with Gasteiger partial charge >= 0.3 is 0 Å². The van der Waals surface area contributed by atoms with Crippen molar-refractivity contribution in [2.24, 2.45) is 0 Å². The summed E-state index contributed by atoms with van der Waals surface area (Å²) >= 11 is 1.61. The molecule has 2 heterocycles. The molecule has 0 unspecified atom stereocenters. The Kier molecular flexibility index (Phi) is 6.38. The van der Waals surface area contributed by atoms with Crippen LogP contribution in [0.4, 0.5) is 5.82 Å². The summed E-state index contributed by atoms with van der Waals surface area (Å²) in [6.07, 6.45) is 0. The van der Waals surface area contributed by atoms with Crippen LogP contribution in [0.1, 0.15) is 12.7 Å². The van der Waals surface area contributed by atoms with Crippen molar-refractivity contribution in [1.82, 2.24) is 9.97 Å². The Bertz CT molecular complexity index is 849. The van der Waals surface area contributed by atoms with E-state index in [0.717, 1.165) is 38.7 Å². The zero-order chi connectivity index (χ0) is 18.4. The van der Waals surface area contributed by atoms with Crippen molar-refractivity contribution in [3.8, 4) is 16.9 Å². The Morgan fingerprint density at radius 1 is 1.15 bits per heavy atom. The van der Waals surface area contributed by atoms with Gasteiger partial charge in [0, 0.05) is 17.5 Å². The second-order valence-electron chi connectivity index (χ2n) is 5.67. The highest BCUT2D eigenvalue weighted by atomic mass is 32.1. The van der Waals surface area contributed by atoms with E-state index >= 15 is 0 Å². The van der Waals surface area contributed by atoms with Gasteiger partial charge in [0.1, 0.15) is 22.2 Å². The van der Waals surface area contributed by atoms with Crippen LogP contribution in [0.5, 0.6) is 5.75 Å². The molecule has 0 amide bonds. The number of fused-ring (bicyclic) bond motifs is 1. The standard InChI is InChI=1S/C19H23N3O3S/c1-3-25-15-6-4-14(5-7-15)16-12-26-19-17(16)18(21-13(2)22-19)20-8-10-24-11-9-23/h4-7,12,23H,3,8-11H2,1-2H3,(H,20,21,22). The molecule has 6 nitrogen and oxygen atoms in total. The van der Waals surface area contributed by atoms with Crippen molar-refractivity contribution in [1.29, 1.82) is 0 Å². The molecule has 0 aliphatic heterocycles. The van der Waals surface area contributed by atoms with Gasteiger partial charge in [0.05, 0.1) is 31.8 Å². The summed E-state index contributed by atoms with van der Waals surface area (Å²) in [6, 6.07) is 8.07. The van der Waals surface area contributed by atoms with Gasteiger partial charge < -0.3 is 19.9 Å². The monoisotopic (exact) mass is 373 g/mol. The zero-order valence-electron chi connectivity index (χ0n) is 15.0. The highest BCUT2D eigenvalue weighted by Crippen LogP contribution is 2.37. The minimum atomic E-state index is 0.0310. The fourth-order valence-electron chi connectivity index (χ4n) is 2.69. The normalized spacial score (nSPS) is 11.0. The van der Waals surface area contributed by atoms with Gasteiger partial charge in [0.15, 0.2) is 0 Å². The van der Waals surface area contributed by atoms with Crippen molar-refractivity contribution >= 4 is 27.4 Å². The first-order valence-electron chi connectivity index (χ1n) is 8.64. The molecule has 0 radical (unpaired) electrons. The number of benzene rings is 1. The number of thiophene rings is 1. The number of ether oxygens (including phenoxy) is 2. The van der Waals surface area contributed by atoms with Crippen molar-refractivity contribution in [2.75, 3.05) is 38.3 Å². The largest absolute Gasteiger partial charge is 0.494 e. The van der Waals surface area contributed by atoms with E-state index in [1.165, 1.54) is 0 Å². The average molecular weight is 373 g/mol. The van der Waals surface area contributed by atoms with Crippen LogP contribution in [0.3, 0.4) is 0 Å². The summed E-state index contributed by atoms with van der Waals surface area (Å²) in [7, 11) is 0. The quantitative estimate of drug-likeness (QED) is 0.559. The molecular formula is C19H23N3O3S. The Balaban J connectivity index is 1.88. The van der Waals surface area contributed by atoms with Crippen LogP contribution in [-0.4, -0.2) is 48.0 Å². The summed E-state index contributed by atoms with van der Waals surface area (Å²) in [5.74, 6) is 2.41. The number of aliphatic hydroxyl groups excluding tert-OH is 1. The molecule has 3 aromatic rings. The number of aryl methyl sites for hydroxylation is 1. The summed E-state index contributed by atoms with van der Waals surface area (Å²) < 4.78 is 10.8. The van der Waals surface area contributed by atoms with Gasteiger partial charge in [-0.25, -0.2) is 9.97 Å². The topological polar surface area (TPSA) is 76.5 Å². The number of rotatable bonds is 9. The van der Waals surface area contributed by atoms with Crippen molar-refractivity contribution < 1.29 is 14.6 Å². The molecule has 26 heavy (non-hydrogen) atoms. The summed E-state index contributed by atoms with van der Waals surface area (Å²) in [4.78, 5) is 10.1. The predicted octanol–water partition coefficient (Wildman–Crippen LogP) is 3.49. The molecule has 0 fully saturated rings. The third kappa shape index (κ3) is 4.30. The SMILES string of the molecule is CCOc1ccc(-c2csc3nc(C)nc(NCCOCCO)c23)cc1. The zero-order valence-corrected chi connectivity index (χ0v) is 15.8. The van der Waals surface area contributed by atoms with Gasteiger partial charge in [-0.15, -0.1) is 11.3 Å². The molecule has 0 aliphatic carbocycles. The second kappa shape index (κ2) is 8.93. The maximum Gasteiger partial charge on any atom is 0.139 e. The molecule has 0 aliphatic rings. The van der Waals surface area contributed by atoms with Crippen LogP contribution in [-0.2, 0) is 4.74 Å². The van der Waals surface area contributed by atoms with Gasteiger partial charge in [0.25, 0.3) is 0 Å². The molecule has 0 spiro atoms. The number of hydrogen-bond donors (Lipinski definition) is 2. The highest BCUT2D eigenvalue weighted by Gasteiger charge is 2.14. The molecule has 2 N–H and O–H groups in total. The molecule has 7 heteroatoms. The lowest BCUT2D eigenvalue weighted by molar-refractivity contribution is 0.0992. The number of nitrogens with one attached hydrogen (secondary N) is 1. The molecule has 0 saturated heterocycles. The summed E-state index contributed by atoms with van der Waals surface area (Å²) in [5, 5.41) is 15.2. The van der Waals surface area contributed by atoms with Crippen LogP contribution in [0, 0.1) is 6.92 Å². The minimum absolute atomic E-state index is 0.0310. The fourth-order valence-corrected chi connectivity index (χ4v) is 3.69. The van der Waals surface area contributed by atoms with E-state index in [1.807, 2.05) is 26.0 Å². The lowest BCUT2D eigenvalue weighted by Gasteiger charge is -2.10. The number of nitrogens with zero attached hydrogens (tertiary/aromatic N) is 2. The van der Waals surface area contributed by atoms with Crippen LogP contribution < -0.4 is 10.1 Å². The molecular weight excluding hydrogens is 350 g/mol. The van der Waals surface area contributed by atoms with Crippen LogP contribution in [0.2, 0.25) is 0 Å². The van der Waals surface area contributed by atoms with Gasteiger partial charge in [-0.3, -0.25) is 0 Å². The van der Waals surface area contributed by atoms with E-state index in [2.05, 4.69) is 32.8 Å². The third-order valence-electron chi connectivity index (χ3n) is 3.80. The first-order chi connectivity index (χ1) is 12.7. The Hall–Kier alpha value is -2.22. The van der Waals surface area contributed by atoms with Gasteiger partial charge in [-0.1, -0.05) is 12.1 Å². The Morgan fingerprint density at radius 2 is 1.96 bits per heavy atom. The molecule has 0 saturated carbocycles. The predicted molar refractivity (Wildman–Crippen MR) is 105 cm³/mol. The third-order valence-corrected chi connectivity index (χ3v) is 4.67. The maximum atomic E-state index is 8.77. The molecule has 0 bridgehead atoms. The molecule has 138 valence electrons. The first kappa shape index (κ1) is 18.6. The molecule has 1 aromatic carbocycles. The highest BCUT2D eigenvalue weighted by molar-refractivity contribution is 7.17. The number of aromatic nitrogens is 2. The van der Waals surface area contributed by atoms with Gasteiger partial charge in [0.2, 0.25) is 0 Å². The summed E-state index contributed by atoms with van der Waals surface area (Å²) in [6.45, 7) is 6.02. The molecule has 3 rings (SSSR count). The first-order valence-corrected chi connectivity index (χ1v) is 9.52. The van der Waals surface area contributed by atoms with Crippen molar-refractivity contribution in [3.63, 3.8) is 0 Å². The number of anilines is 1. The van der Waals surface area contributed by atoms with Gasteiger partial charge in [-0.2, -0.15) is 0 Å². The van der Waals surface area contributed by atoms with E-state index in [-0.39, 0.29) is 6.61 Å². The fraction of sp³-hybridized carbons (Fsp3) is 0.368. The van der Waals surface area contributed by atoms with E-state index in [1.54, 1.807) is 11.3 Å². The van der Waals surface area contributed by atoms with E-state index in [0.29, 0.717) is 26.4 Å². The smallest absolute Gasteiger partial charge is 0.139 e. The van der Waals surface area contributed by atoms with Crippen molar-refractivity contribution in [3.05, 3.63) is 35.5 Å². The number of aliphatic hydroxyl groups is 1. The molecule has 2 aromatic heterocycles. The average Bonchev–Trinajstić information content (AvgIpc) is 3.06. The van der Waals surface area contributed by atoms with E-state index < -0.39 is 0 Å². The lowest BCUT2D eigenvalue weighted by atomic mass is 10.1. The van der Waals surface area contributed by atoms with Crippen LogP contribution in [0.25, 0.3) is 21.3 Å². The maximum absolute atomic E-state index is 8.77. The second-order valence-corrected chi connectivity index (χ2v) is 6.53. The van der Waals surface area contributed by atoms with E-state index in [4.69, 9.17) is 14.6 Å². The van der Waals surface area contributed by atoms with Crippen molar-refractivity contribution in [2.45, 2.75) is 13.8 Å². The summed E-state index contributed by atoms with van der Waals surface area (Å²) in [5.41, 5.74) is 2.21. The Labute approximate surface area is 156 Å². The van der Waals surface area contributed by atoms with E-state index in [9.17, 15) is 0 Å². The van der Waals surface area contributed by atoms with Gasteiger partial charge in [-0.05, 0) is 31.5 Å². The Morgan fingerprint density at radius 3 is 2.69 bits per heavy atom. The minimum Gasteiger partial charge on any atom is -0.494 e. The molecule has 0 atom stereocenters. The number of hydrogen-bond acceptors (Lipinski definition) is 7. The van der Waals surface area contributed by atoms with Crippen LogP contribution in [0.15, 0.2) is 29.6 Å².